The van der Waals surface area contributed by atoms with Crippen LogP contribution >= 0.6 is 0 Å². The summed E-state index contributed by atoms with van der Waals surface area (Å²) in [4.78, 5) is 28.7. The fraction of sp³-hybridized carbons (Fsp3) is 0.636. The van der Waals surface area contributed by atoms with Crippen molar-refractivity contribution < 1.29 is 9.59 Å². The molecule has 1 saturated carbocycles. The third-order valence-corrected chi connectivity index (χ3v) is 5.76. The molecule has 0 bridgehead atoms. The molecule has 1 fully saturated rings. The van der Waals surface area contributed by atoms with Crippen LogP contribution in [-0.2, 0) is 16.1 Å². The van der Waals surface area contributed by atoms with E-state index in [1.165, 1.54) is 0 Å². The third-order valence-electron chi connectivity index (χ3n) is 5.76. The summed E-state index contributed by atoms with van der Waals surface area (Å²) >= 11 is 0. The maximum atomic E-state index is 12.5. The van der Waals surface area contributed by atoms with Gasteiger partial charge in [-0.1, -0.05) is 26.7 Å². The number of hydrogen-bond donors (Lipinski definition) is 1. The second-order valence-electron chi connectivity index (χ2n) is 8.34. The monoisotopic (exact) mass is 373 g/mol. The second-order valence-corrected chi connectivity index (χ2v) is 8.34. The SMILES string of the molecule is CC(=O)N(Cc1cc(NC(=O)C2CCCC2)ccc1N(C)C)[C@H](C)C(C)C. The van der Waals surface area contributed by atoms with Gasteiger partial charge in [0.2, 0.25) is 11.8 Å². The first-order valence-electron chi connectivity index (χ1n) is 10.1. The van der Waals surface area contributed by atoms with Gasteiger partial charge in [0, 0.05) is 50.9 Å². The van der Waals surface area contributed by atoms with Gasteiger partial charge >= 0.3 is 0 Å². The van der Waals surface area contributed by atoms with Crippen molar-refractivity contribution in [2.75, 3.05) is 24.3 Å². The Morgan fingerprint density at radius 1 is 1.15 bits per heavy atom. The maximum Gasteiger partial charge on any atom is 0.227 e. The Balaban J connectivity index is 2.26. The number of amides is 2. The Morgan fingerprint density at radius 2 is 1.78 bits per heavy atom. The lowest BCUT2D eigenvalue weighted by atomic mass is 10.0. The van der Waals surface area contributed by atoms with Gasteiger partial charge in [-0.25, -0.2) is 0 Å². The van der Waals surface area contributed by atoms with Gasteiger partial charge in [-0.15, -0.1) is 0 Å². The first-order chi connectivity index (χ1) is 12.7. The van der Waals surface area contributed by atoms with Gasteiger partial charge in [0.05, 0.1) is 0 Å². The Morgan fingerprint density at radius 3 is 2.30 bits per heavy atom. The zero-order valence-electron chi connectivity index (χ0n) is 17.7. The number of benzene rings is 1. The van der Waals surface area contributed by atoms with E-state index >= 15 is 0 Å². The highest BCUT2D eigenvalue weighted by atomic mass is 16.2. The summed E-state index contributed by atoms with van der Waals surface area (Å²) in [5.41, 5.74) is 2.93. The molecule has 1 aromatic rings. The first kappa shape index (κ1) is 21.3. The number of nitrogens with one attached hydrogen (secondary N) is 1. The molecule has 0 unspecified atom stereocenters. The van der Waals surface area contributed by atoms with Crippen molar-refractivity contribution in [1.82, 2.24) is 4.90 Å². The Kier molecular flexibility index (Phi) is 7.28. The molecular formula is C22H35N3O2. The highest BCUT2D eigenvalue weighted by Crippen LogP contribution is 2.29. The number of carbonyl (C=O) groups is 2. The summed E-state index contributed by atoms with van der Waals surface area (Å²) < 4.78 is 0. The van der Waals surface area contributed by atoms with Crippen LogP contribution in [0, 0.1) is 11.8 Å². The quantitative estimate of drug-likeness (QED) is 0.776. The number of anilines is 2. The zero-order valence-corrected chi connectivity index (χ0v) is 17.7. The predicted molar refractivity (Wildman–Crippen MR) is 112 cm³/mol. The van der Waals surface area contributed by atoms with Gasteiger partial charge < -0.3 is 15.1 Å². The van der Waals surface area contributed by atoms with Crippen molar-refractivity contribution in [2.24, 2.45) is 11.8 Å². The minimum absolute atomic E-state index is 0.0706. The Bertz CT molecular complexity index is 664. The Hall–Kier alpha value is -2.04. The van der Waals surface area contributed by atoms with Crippen LogP contribution in [0.25, 0.3) is 0 Å². The molecule has 1 aliphatic rings. The van der Waals surface area contributed by atoms with Crippen molar-refractivity contribution in [3.05, 3.63) is 23.8 Å². The Labute approximate surface area is 164 Å². The average Bonchev–Trinajstić information content (AvgIpc) is 3.13. The average molecular weight is 374 g/mol. The minimum Gasteiger partial charge on any atom is -0.377 e. The normalized spacial score (nSPS) is 15.7. The molecular weight excluding hydrogens is 338 g/mol. The van der Waals surface area contributed by atoms with Crippen molar-refractivity contribution in [3.8, 4) is 0 Å². The second kappa shape index (κ2) is 9.25. The van der Waals surface area contributed by atoms with Crippen molar-refractivity contribution in [2.45, 2.75) is 66.0 Å². The van der Waals surface area contributed by atoms with Crippen LogP contribution in [0.2, 0.25) is 0 Å². The fourth-order valence-corrected chi connectivity index (χ4v) is 3.74. The molecule has 0 saturated heterocycles. The van der Waals surface area contributed by atoms with Crippen LogP contribution in [0.4, 0.5) is 11.4 Å². The lowest BCUT2D eigenvalue weighted by Crippen LogP contribution is -2.39. The lowest BCUT2D eigenvalue weighted by molar-refractivity contribution is -0.132. The molecule has 0 heterocycles. The molecule has 5 heteroatoms. The smallest absolute Gasteiger partial charge is 0.227 e. The van der Waals surface area contributed by atoms with E-state index in [4.69, 9.17) is 0 Å². The molecule has 0 aromatic heterocycles. The number of carbonyl (C=O) groups excluding carboxylic acids is 2. The van der Waals surface area contributed by atoms with Crippen molar-refractivity contribution in [3.63, 3.8) is 0 Å². The van der Waals surface area contributed by atoms with Crippen LogP contribution in [0.3, 0.4) is 0 Å². The fourth-order valence-electron chi connectivity index (χ4n) is 3.74. The zero-order chi connectivity index (χ0) is 20.1. The molecule has 2 amide bonds. The minimum atomic E-state index is 0.0706. The molecule has 5 nitrogen and oxygen atoms in total. The van der Waals surface area contributed by atoms with E-state index in [1.807, 2.05) is 37.2 Å². The molecule has 0 aliphatic heterocycles. The molecule has 1 atom stereocenters. The van der Waals surface area contributed by atoms with E-state index < -0.39 is 0 Å². The molecule has 1 N–H and O–H groups in total. The van der Waals surface area contributed by atoms with Crippen LogP contribution in [0.15, 0.2) is 18.2 Å². The van der Waals surface area contributed by atoms with Crippen LogP contribution in [0.1, 0.15) is 58.9 Å². The van der Waals surface area contributed by atoms with E-state index in [0.717, 1.165) is 42.6 Å². The molecule has 0 spiro atoms. The van der Waals surface area contributed by atoms with E-state index in [2.05, 4.69) is 31.0 Å². The highest BCUT2D eigenvalue weighted by molar-refractivity contribution is 5.93. The molecule has 1 aliphatic carbocycles. The predicted octanol–water partition coefficient (Wildman–Crippen LogP) is 4.27. The van der Waals surface area contributed by atoms with E-state index in [-0.39, 0.29) is 23.8 Å². The summed E-state index contributed by atoms with van der Waals surface area (Å²) in [6, 6.07) is 6.15. The molecule has 1 aromatic carbocycles. The van der Waals surface area contributed by atoms with Crippen molar-refractivity contribution >= 4 is 23.2 Å². The van der Waals surface area contributed by atoms with Gasteiger partial charge in [0.1, 0.15) is 0 Å². The first-order valence-corrected chi connectivity index (χ1v) is 10.1. The molecule has 150 valence electrons. The van der Waals surface area contributed by atoms with E-state index in [0.29, 0.717) is 12.5 Å². The van der Waals surface area contributed by atoms with E-state index in [1.54, 1.807) is 6.92 Å². The largest absolute Gasteiger partial charge is 0.377 e. The van der Waals surface area contributed by atoms with Crippen LogP contribution in [-0.4, -0.2) is 36.9 Å². The lowest BCUT2D eigenvalue weighted by Gasteiger charge is -2.32. The number of rotatable bonds is 7. The topological polar surface area (TPSA) is 52.7 Å². The highest BCUT2D eigenvalue weighted by Gasteiger charge is 2.24. The molecule has 2 rings (SSSR count). The van der Waals surface area contributed by atoms with Crippen LogP contribution in [0.5, 0.6) is 0 Å². The van der Waals surface area contributed by atoms with E-state index in [9.17, 15) is 9.59 Å². The summed E-state index contributed by atoms with van der Waals surface area (Å²) in [5.74, 6) is 0.704. The summed E-state index contributed by atoms with van der Waals surface area (Å²) in [5, 5.41) is 3.08. The van der Waals surface area contributed by atoms with Gasteiger partial charge in [-0.3, -0.25) is 9.59 Å². The molecule has 27 heavy (non-hydrogen) atoms. The number of nitrogens with zero attached hydrogens (tertiary/aromatic N) is 2. The van der Waals surface area contributed by atoms with Crippen molar-refractivity contribution in [1.29, 1.82) is 0 Å². The van der Waals surface area contributed by atoms with Crippen LogP contribution < -0.4 is 10.2 Å². The third kappa shape index (κ3) is 5.47. The van der Waals surface area contributed by atoms with Gasteiger partial charge in [-0.2, -0.15) is 0 Å². The van der Waals surface area contributed by atoms with Gasteiger partial charge in [0.25, 0.3) is 0 Å². The molecule has 0 radical (unpaired) electrons. The maximum absolute atomic E-state index is 12.5. The van der Waals surface area contributed by atoms with Gasteiger partial charge in [0.15, 0.2) is 0 Å². The summed E-state index contributed by atoms with van der Waals surface area (Å²) in [6.07, 6.45) is 4.25. The van der Waals surface area contributed by atoms with Gasteiger partial charge in [-0.05, 0) is 49.4 Å². The summed E-state index contributed by atoms with van der Waals surface area (Å²) in [7, 11) is 4.00. The number of hydrogen-bond acceptors (Lipinski definition) is 3. The summed E-state index contributed by atoms with van der Waals surface area (Å²) in [6.45, 7) is 8.51. The standard InChI is InChI=1S/C22H35N3O2/c1-15(2)16(3)25(17(4)26)14-19-13-20(11-12-21(19)24(5)6)23-22(27)18-9-7-8-10-18/h11-13,15-16,18H,7-10,14H2,1-6H3,(H,23,27)/t16-/m1/s1.